The predicted molar refractivity (Wildman–Crippen MR) is 105 cm³/mol. The van der Waals surface area contributed by atoms with Gasteiger partial charge in [0.15, 0.2) is 6.61 Å². The third-order valence-electron chi connectivity index (χ3n) is 4.51. The highest BCUT2D eigenvalue weighted by molar-refractivity contribution is 7.13. The predicted octanol–water partition coefficient (Wildman–Crippen LogP) is 3.46. The second kappa shape index (κ2) is 7.40. The number of aromatic nitrogens is 2. The molecule has 0 saturated heterocycles. The molecule has 0 spiro atoms. The first kappa shape index (κ1) is 18.1. The lowest BCUT2D eigenvalue weighted by molar-refractivity contribution is -0.140. The number of carboxylic acids is 1. The zero-order valence-corrected chi connectivity index (χ0v) is 15.8. The summed E-state index contributed by atoms with van der Waals surface area (Å²) in [5.41, 5.74) is 2.75. The number of hydrogen-bond acceptors (Lipinski definition) is 6. The van der Waals surface area contributed by atoms with E-state index in [1.54, 1.807) is 25.3 Å². The normalized spacial score (nSPS) is 14.3. The van der Waals surface area contributed by atoms with E-state index in [0.717, 1.165) is 22.0 Å². The van der Waals surface area contributed by atoms with Crippen molar-refractivity contribution in [1.29, 1.82) is 0 Å². The molecule has 0 fully saturated rings. The summed E-state index contributed by atoms with van der Waals surface area (Å²) in [6.45, 7) is 1.57. The molecule has 7 nitrogen and oxygen atoms in total. The van der Waals surface area contributed by atoms with E-state index >= 15 is 0 Å². The van der Waals surface area contributed by atoms with Crippen LogP contribution in [0, 0.1) is 0 Å². The fourth-order valence-corrected chi connectivity index (χ4v) is 3.96. The summed E-state index contributed by atoms with van der Waals surface area (Å²) < 4.78 is 5.49. The van der Waals surface area contributed by atoms with Crippen molar-refractivity contribution in [3.05, 3.63) is 48.0 Å². The minimum atomic E-state index is -1.04. The van der Waals surface area contributed by atoms with Crippen molar-refractivity contribution in [3.63, 3.8) is 0 Å². The van der Waals surface area contributed by atoms with Crippen LogP contribution in [0.2, 0.25) is 0 Å². The van der Waals surface area contributed by atoms with E-state index in [0.29, 0.717) is 17.9 Å². The SMILES string of the molecule is CCC(C(=O)O)N1C(=O)COc2ccc(-c3csc(-c4ccccn4)n3)cc21. The lowest BCUT2D eigenvalue weighted by Crippen LogP contribution is -2.49. The maximum Gasteiger partial charge on any atom is 0.326 e. The summed E-state index contributed by atoms with van der Waals surface area (Å²) in [6, 6.07) is 10.1. The highest BCUT2D eigenvalue weighted by Gasteiger charge is 2.35. The molecule has 4 rings (SSSR count). The Bertz CT molecular complexity index is 1030. The Morgan fingerprint density at radius 1 is 1.32 bits per heavy atom. The van der Waals surface area contributed by atoms with Crippen LogP contribution in [-0.4, -0.2) is 39.6 Å². The molecule has 142 valence electrons. The van der Waals surface area contributed by atoms with Crippen LogP contribution in [0.15, 0.2) is 48.0 Å². The lowest BCUT2D eigenvalue weighted by Gasteiger charge is -2.33. The summed E-state index contributed by atoms with van der Waals surface area (Å²) >= 11 is 1.47. The number of carbonyl (C=O) groups is 2. The molecule has 0 saturated carbocycles. The molecule has 1 aliphatic heterocycles. The van der Waals surface area contributed by atoms with Gasteiger partial charge in [-0.2, -0.15) is 0 Å². The van der Waals surface area contributed by atoms with Crippen molar-refractivity contribution in [2.75, 3.05) is 11.5 Å². The summed E-state index contributed by atoms with van der Waals surface area (Å²) in [6.07, 6.45) is 2.01. The van der Waals surface area contributed by atoms with Gasteiger partial charge in [-0.05, 0) is 36.8 Å². The minimum absolute atomic E-state index is 0.170. The molecule has 1 atom stereocenters. The van der Waals surface area contributed by atoms with E-state index in [1.165, 1.54) is 16.2 Å². The van der Waals surface area contributed by atoms with Crippen LogP contribution in [0.4, 0.5) is 5.69 Å². The molecular weight excluding hydrogens is 378 g/mol. The van der Waals surface area contributed by atoms with Crippen molar-refractivity contribution in [2.45, 2.75) is 19.4 Å². The molecule has 3 aromatic rings. The summed E-state index contributed by atoms with van der Waals surface area (Å²) in [5, 5.41) is 12.2. The maximum atomic E-state index is 12.4. The van der Waals surface area contributed by atoms with Crippen molar-refractivity contribution < 1.29 is 19.4 Å². The zero-order chi connectivity index (χ0) is 19.7. The number of pyridine rings is 1. The maximum absolute atomic E-state index is 12.4. The number of nitrogens with zero attached hydrogens (tertiary/aromatic N) is 3. The Balaban J connectivity index is 1.74. The van der Waals surface area contributed by atoms with Crippen LogP contribution in [0.5, 0.6) is 5.75 Å². The number of ether oxygens (including phenoxy) is 1. The zero-order valence-electron chi connectivity index (χ0n) is 15.0. The Morgan fingerprint density at radius 3 is 2.89 bits per heavy atom. The van der Waals surface area contributed by atoms with E-state index in [-0.39, 0.29) is 12.5 Å². The van der Waals surface area contributed by atoms with Crippen molar-refractivity contribution in [3.8, 4) is 27.7 Å². The molecule has 1 unspecified atom stereocenters. The molecule has 0 radical (unpaired) electrons. The third-order valence-corrected chi connectivity index (χ3v) is 5.37. The molecule has 0 bridgehead atoms. The number of fused-ring (bicyclic) bond motifs is 1. The van der Waals surface area contributed by atoms with Crippen LogP contribution in [0.25, 0.3) is 22.0 Å². The van der Waals surface area contributed by atoms with Gasteiger partial charge in [-0.1, -0.05) is 13.0 Å². The molecule has 1 aliphatic rings. The summed E-state index contributed by atoms with van der Waals surface area (Å²) in [4.78, 5) is 34.3. The fraction of sp³-hybridized carbons (Fsp3) is 0.200. The quantitative estimate of drug-likeness (QED) is 0.711. The van der Waals surface area contributed by atoms with Gasteiger partial charge in [0.1, 0.15) is 16.8 Å². The van der Waals surface area contributed by atoms with Gasteiger partial charge < -0.3 is 9.84 Å². The van der Waals surface area contributed by atoms with Gasteiger partial charge in [0, 0.05) is 17.1 Å². The average Bonchev–Trinajstić information content (AvgIpc) is 3.20. The molecule has 28 heavy (non-hydrogen) atoms. The van der Waals surface area contributed by atoms with Crippen LogP contribution in [-0.2, 0) is 9.59 Å². The third kappa shape index (κ3) is 3.22. The molecular formula is C20H17N3O4S. The van der Waals surface area contributed by atoms with E-state index in [4.69, 9.17) is 4.74 Å². The lowest BCUT2D eigenvalue weighted by atomic mass is 10.1. The molecule has 1 N–H and O–H groups in total. The standard InChI is InChI=1S/C20H17N3O4S/c1-2-15(20(25)26)23-16-9-12(6-7-17(16)27-10-18(23)24)14-11-28-19(22-14)13-5-3-4-8-21-13/h3-9,11,15H,2,10H2,1H3,(H,25,26). The van der Waals surface area contributed by atoms with E-state index < -0.39 is 12.0 Å². The molecule has 0 aliphatic carbocycles. The number of amides is 1. The van der Waals surface area contributed by atoms with Crippen LogP contribution in [0.3, 0.4) is 0 Å². The van der Waals surface area contributed by atoms with Crippen molar-refractivity contribution >= 4 is 28.9 Å². The first-order valence-corrected chi connectivity index (χ1v) is 9.65. The van der Waals surface area contributed by atoms with Crippen molar-refractivity contribution in [2.24, 2.45) is 0 Å². The molecule has 1 aromatic carbocycles. The Morgan fingerprint density at radius 2 is 2.18 bits per heavy atom. The highest BCUT2D eigenvalue weighted by atomic mass is 32.1. The second-order valence-electron chi connectivity index (χ2n) is 6.25. The second-order valence-corrected chi connectivity index (χ2v) is 7.11. The number of thiazole rings is 1. The number of aliphatic carboxylic acids is 1. The van der Waals surface area contributed by atoms with Gasteiger partial charge in [-0.15, -0.1) is 11.3 Å². The van der Waals surface area contributed by atoms with Gasteiger partial charge in [0.2, 0.25) is 0 Å². The summed E-state index contributed by atoms with van der Waals surface area (Å²) in [7, 11) is 0. The molecule has 8 heteroatoms. The number of hydrogen-bond donors (Lipinski definition) is 1. The smallest absolute Gasteiger partial charge is 0.326 e. The van der Waals surface area contributed by atoms with Gasteiger partial charge in [-0.3, -0.25) is 14.7 Å². The van der Waals surface area contributed by atoms with Gasteiger partial charge >= 0.3 is 5.97 Å². The van der Waals surface area contributed by atoms with Gasteiger partial charge in [0.05, 0.1) is 17.1 Å². The minimum Gasteiger partial charge on any atom is -0.482 e. The molecule has 1 amide bonds. The average molecular weight is 395 g/mol. The fourth-order valence-electron chi connectivity index (χ4n) is 3.15. The Kier molecular flexibility index (Phi) is 4.79. The number of rotatable bonds is 5. The Hall–Kier alpha value is -3.26. The van der Waals surface area contributed by atoms with Gasteiger partial charge in [0.25, 0.3) is 5.91 Å². The molecule has 2 aromatic heterocycles. The molecule has 3 heterocycles. The largest absolute Gasteiger partial charge is 0.482 e. The Labute approximate surface area is 165 Å². The van der Waals surface area contributed by atoms with E-state index in [2.05, 4.69) is 9.97 Å². The first-order valence-electron chi connectivity index (χ1n) is 8.77. The van der Waals surface area contributed by atoms with E-state index in [1.807, 2.05) is 29.6 Å². The summed E-state index contributed by atoms with van der Waals surface area (Å²) in [5.74, 6) is -0.921. The van der Waals surface area contributed by atoms with E-state index in [9.17, 15) is 14.7 Å². The monoisotopic (exact) mass is 395 g/mol. The van der Waals surface area contributed by atoms with Gasteiger partial charge in [-0.25, -0.2) is 9.78 Å². The first-order chi connectivity index (χ1) is 13.6. The number of anilines is 1. The topological polar surface area (TPSA) is 92.6 Å². The van der Waals surface area contributed by atoms with Crippen LogP contribution < -0.4 is 9.64 Å². The van der Waals surface area contributed by atoms with Crippen LogP contribution in [0.1, 0.15) is 13.3 Å². The van der Waals surface area contributed by atoms with Crippen LogP contribution >= 0.6 is 11.3 Å². The number of carbonyl (C=O) groups excluding carboxylic acids is 1. The number of carboxylic acid groups (broad SMARTS) is 1. The number of benzene rings is 1. The van der Waals surface area contributed by atoms with Crippen molar-refractivity contribution in [1.82, 2.24) is 9.97 Å². The highest BCUT2D eigenvalue weighted by Crippen LogP contribution is 2.38.